The predicted molar refractivity (Wildman–Crippen MR) is 67.1 cm³/mol. The topological polar surface area (TPSA) is 46.6 Å². The van der Waals surface area contributed by atoms with Crippen LogP contribution < -0.4 is 0 Å². The molecule has 0 saturated carbocycles. The maximum Gasteiger partial charge on any atom is 0.416 e. The van der Waals surface area contributed by atoms with Gasteiger partial charge in [-0.25, -0.2) is 9.69 Å². The van der Waals surface area contributed by atoms with E-state index < -0.39 is 6.09 Å². The van der Waals surface area contributed by atoms with E-state index in [0.29, 0.717) is 19.6 Å². The minimum absolute atomic E-state index is 0.120. The summed E-state index contributed by atoms with van der Waals surface area (Å²) in [6, 6.07) is 10.2. The van der Waals surface area contributed by atoms with Crippen LogP contribution in [0.5, 0.6) is 0 Å². The Morgan fingerprint density at radius 2 is 2.00 bits per heavy atom. The van der Waals surface area contributed by atoms with Gasteiger partial charge in [0.2, 0.25) is 5.91 Å². The summed E-state index contributed by atoms with van der Waals surface area (Å²) in [5.74, 6) is -0.120. The molecule has 0 N–H and O–H groups in total. The largest absolute Gasteiger partial charge is 0.447 e. The molecule has 2 amide bonds. The van der Waals surface area contributed by atoms with Gasteiger partial charge in [-0.3, -0.25) is 4.79 Å². The number of aryl methyl sites for hydroxylation is 1. The first kappa shape index (κ1) is 12.6. The van der Waals surface area contributed by atoms with Crippen molar-refractivity contribution in [2.75, 3.05) is 13.2 Å². The highest BCUT2D eigenvalue weighted by Gasteiger charge is 2.27. The van der Waals surface area contributed by atoms with Gasteiger partial charge < -0.3 is 4.74 Å². The Morgan fingerprint density at radius 3 is 2.67 bits per heavy atom. The highest BCUT2D eigenvalue weighted by atomic mass is 16.6. The molecule has 18 heavy (non-hydrogen) atoms. The van der Waals surface area contributed by atoms with Crippen LogP contribution >= 0.6 is 0 Å². The molecule has 2 rings (SSSR count). The van der Waals surface area contributed by atoms with Gasteiger partial charge in [-0.05, 0) is 24.8 Å². The molecule has 0 atom stereocenters. The first-order valence-electron chi connectivity index (χ1n) is 6.28. The van der Waals surface area contributed by atoms with Gasteiger partial charge in [0.05, 0.1) is 6.54 Å². The van der Waals surface area contributed by atoms with Crippen LogP contribution in [0.1, 0.15) is 24.8 Å². The summed E-state index contributed by atoms with van der Waals surface area (Å²) in [7, 11) is 0. The average molecular weight is 247 g/mol. The fraction of sp³-hybridized carbons (Fsp3) is 0.429. The van der Waals surface area contributed by atoms with E-state index in [0.717, 1.165) is 19.3 Å². The van der Waals surface area contributed by atoms with E-state index in [1.54, 1.807) is 0 Å². The molecule has 1 aliphatic heterocycles. The normalized spacial score (nSPS) is 14.7. The molecule has 0 radical (unpaired) electrons. The van der Waals surface area contributed by atoms with Gasteiger partial charge in [0, 0.05) is 6.42 Å². The number of nitrogens with zero attached hydrogens (tertiary/aromatic N) is 1. The Hall–Kier alpha value is -1.84. The van der Waals surface area contributed by atoms with Gasteiger partial charge in [-0.15, -0.1) is 0 Å². The summed E-state index contributed by atoms with van der Waals surface area (Å²) in [5.41, 5.74) is 1.28. The van der Waals surface area contributed by atoms with Crippen LogP contribution in [0.4, 0.5) is 4.79 Å². The Kier molecular flexibility index (Phi) is 4.34. The molecule has 1 aromatic carbocycles. The van der Waals surface area contributed by atoms with Crippen molar-refractivity contribution in [3.8, 4) is 0 Å². The van der Waals surface area contributed by atoms with E-state index in [9.17, 15) is 9.59 Å². The molecular weight excluding hydrogens is 230 g/mol. The number of ether oxygens (including phenoxy) is 1. The lowest BCUT2D eigenvalue weighted by Gasteiger charge is -2.10. The highest BCUT2D eigenvalue weighted by Crippen LogP contribution is 2.10. The lowest BCUT2D eigenvalue weighted by molar-refractivity contribution is -0.127. The first-order valence-corrected chi connectivity index (χ1v) is 6.28. The van der Waals surface area contributed by atoms with Crippen molar-refractivity contribution in [2.45, 2.75) is 25.7 Å². The molecule has 1 aliphatic rings. The Morgan fingerprint density at radius 1 is 1.22 bits per heavy atom. The molecule has 0 aliphatic carbocycles. The molecule has 1 aromatic rings. The predicted octanol–water partition coefficient (Wildman–Crippen LogP) is 2.38. The van der Waals surface area contributed by atoms with E-state index in [1.165, 1.54) is 10.5 Å². The van der Waals surface area contributed by atoms with E-state index in [2.05, 4.69) is 12.1 Å². The number of hydrogen-bond donors (Lipinski definition) is 0. The summed E-state index contributed by atoms with van der Waals surface area (Å²) >= 11 is 0. The van der Waals surface area contributed by atoms with Crippen molar-refractivity contribution in [1.29, 1.82) is 0 Å². The third-order valence-corrected chi connectivity index (χ3v) is 3.01. The Balaban J connectivity index is 1.66. The van der Waals surface area contributed by atoms with Crippen LogP contribution in [0.25, 0.3) is 0 Å². The second-order valence-corrected chi connectivity index (χ2v) is 4.35. The molecule has 1 fully saturated rings. The van der Waals surface area contributed by atoms with Crippen LogP contribution in [-0.2, 0) is 16.0 Å². The molecular formula is C14H17NO3. The van der Waals surface area contributed by atoms with Crippen LogP contribution in [0, 0.1) is 0 Å². The van der Waals surface area contributed by atoms with Crippen molar-refractivity contribution in [2.24, 2.45) is 0 Å². The van der Waals surface area contributed by atoms with Gasteiger partial charge in [-0.1, -0.05) is 30.3 Å². The lowest BCUT2D eigenvalue weighted by Crippen LogP contribution is -2.31. The summed E-state index contributed by atoms with van der Waals surface area (Å²) < 4.78 is 4.73. The number of imide groups is 1. The smallest absolute Gasteiger partial charge is 0.416 e. The minimum Gasteiger partial charge on any atom is -0.447 e. The molecule has 96 valence electrons. The molecule has 0 spiro atoms. The summed E-state index contributed by atoms with van der Waals surface area (Å²) in [6.45, 7) is 0.727. The van der Waals surface area contributed by atoms with Crippen molar-refractivity contribution < 1.29 is 14.3 Å². The SMILES string of the molecule is O=C(CCCCc1ccccc1)N1CCOC1=O. The minimum atomic E-state index is -0.497. The second-order valence-electron chi connectivity index (χ2n) is 4.35. The number of hydrogen-bond acceptors (Lipinski definition) is 3. The van der Waals surface area contributed by atoms with Crippen molar-refractivity contribution in [1.82, 2.24) is 4.90 Å². The fourth-order valence-electron chi connectivity index (χ4n) is 2.00. The zero-order valence-electron chi connectivity index (χ0n) is 10.3. The molecule has 1 saturated heterocycles. The van der Waals surface area contributed by atoms with Crippen LogP contribution in [0.2, 0.25) is 0 Å². The summed E-state index contributed by atoms with van der Waals surface area (Å²) in [6.07, 6.45) is 2.65. The van der Waals surface area contributed by atoms with E-state index in [4.69, 9.17) is 4.74 Å². The van der Waals surface area contributed by atoms with Crippen molar-refractivity contribution in [3.63, 3.8) is 0 Å². The zero-order chi connectivity index (χ0) is 12.8. The van der Waals surface area contributed by atoms with Crippen LogP contribution in [0.15, 0.2) is 30.3 Å². The summed E-state index contributed by atoms with van der Waals surface area (Å²) in [5, 5.41) is 0. The number of unbranched alkanes of at least 4 members (excludes halogenated alkanes) is 1. The van der Waals surface area contributed by atoms with Gasteiger partial charge in [0.15, 0.2) is 0 Å². The quantitative estimate of drug-likeness (QED) is 0.750. The number of benzene rings is 1. The van der Waals surface area contributed by atoms with Crippen LogP contribution in [0.3, 0.4) is 0 Å². The first-order chi connectivity index (χ1) is 8.77. The number of rotatable bonds is 5. The van der Waals surface area contributed by atoms with Crippen LogP contribution in [-0.4, -0.2) is 30.1 Å². The van der Waals surface area contributed by atoms with E-state index >= 15 is 0 Å². The lowest BCUT2D eigenvalue weighted by atomic mass is 10.1. The Bertz CT molecular complexity index is 416. The number of cyclic esters (lactones) is 1. The molecule has 0 bridgehead atoms. The Labute approximate surface area is 107 Å². The zero-order valence-corrected chi connectivity index (χ0v) is 10.3. The summed E-state index contributed by atoms with van der Waals surface area (Å²) in [4.78, 5) is 24.0. The van der Waals surface area contributed by atoms with Gasteiger partial charge in [0.1, 0.15) is 6.61 Å². The second kappa shape index (κ2) is 6.19. The average Bonchev–Trinajstić information content (AvgIpc) is 2.82. The number of carbonyl (C=O) groups is 2. The number of amides is 2. The molecule has 4 heteroatoms. The number of carbonyl (C=O) groups excluding carboxylic acids is 2. The molecule has 0 aromatic heterocycles. The van der Waals surface area contributed by atoms with Crippen molar-refractivity contribution in [3.05, 3.63) is 35.9 Å². The third-order valence-electron chi connectivity index (χ3n) is 3.01. The van der Waals surface area contributed by atoms with Gasteiger partial charge >= 0.3 is 6.09 Å². The monoisotopic (exact) mass is 247 g/mol. The molecule has 1 heterocycles. The maximum atomic E-state index is 11.7. The fourth-order valence-corrected chi connectivity index (χ4v) is 2.00. The molecule has 4 nitrogen and oxygen atoms in total. The molecule has 0 unspecified atom stereocenters. The highest BCUT2D eigenvalue weighted by molar-refractivity contribution is 5.92. The maximum absolute atomic E-state index is 11.7. The third kappa shape index (κ3) is 3.32. The van der Waals surface area contributed by atoms with Crippen molar-refractivity contribution >= 4 is 12.0 Å². The van der Waals surface area contributed by atoms with Gasteiger partial charge in [-0.2, -0.15) is 0 Å². The van der Waals surface area contributed by atoms with E-state index in [1.807, 2.05) is 18.2 Å². The standard InChI is InChI=1S/C14H17NO3/c16-13(15-10-11-18-14(15)17)9-5-4-8-12-6-2-1-3-7-12/h1-3,6-7H,4-5,8-11H2. The van der Waals surface area contributed by atoms with E-state index in [-0.39, 0.29) is 5.91 Å². The van der Waals surface area contributed by atoms with Gasteiger partial charge in [0.25, 0.3) is 0 Å².